The van der Waals surface area contributed by atoms with Crippen molar-refractivity contribution in [2.24, 2.45) is 0 Å². The van der Waals surface area contributed by atoms with Gasteiger partial charge in [-0.3, -0.25) is 14.4 Å². The summed E-state index contributed by atoms with van der Waals surface area (Å²) in [5.74, 6) is 0.190. The van der Waals surface area contributed by atoms with Gasteiger partial charge in [-0.05, 0) is 35.8 Å². The molecule has 0 spiro atoms. The van der Waals surface area contributed by atoms with E-state index in [0.29, 0.717) is 40.9 Å². The maximum atomic E-state index is 12.5. The summed E-state index contributed by atoms with van der Waals surface area (Å²) < 4.78 is 5.96. The third-order valence-corrected chi connectivity index (χ3v) is 5.36. The number of amides is 3. The Labute approximate surface area is 195 Å². The summed E-state index contributed by atoms with van der Waals surface area (Å²) >= 11 is 1.21. The van der Waals surface area contributed by atoms with Crippen molar-refractivity contribution in [2.75, 3.05) is 10.6 Å². The van der Waals surface area contributed by atoms with Gasteiger partial charge in [0.1, 0.15) is 11.3 Å². The second kappa shape index (κ2) is 10.7. The smallest absolute Gasteiger partial charge is 0.248 e. The molecule has 10 heteroatoms. The summed E-state index contributed by atoms with van der Waals surface area (Å²) in [7, 11) is 0. The SMILES string of the molecule is C=CC(=O)NCc1cc(CCC(=O)Nc2nc(NC(=O)C=C)cs2)c2oc(C(C)C)nc2c1. The number of nitrogens with zero attached hydrogens (tertiary/aromatic N) is 2. The first kappa shape index (κ1) is 23.9. The first-order chi connectivity index (χ1) is 15.8. The van der Waals surface area contributed by atoms with Crippen molar-refractivity contribution in [1.82, 2.24) is 15.3 Å². The molecule has 172 valence electrons. The number of carbonyl (C=O) groups excluding carboxylic acids is 3. The van der Waals surface area contributed by atoms with E-state index in [1.165, 1.54) is 17.4 Å². The molecule has 33 heavy (non-hydrogen) atoms. The number of benzene rings is 1. The summed E-state index contributed by atoms with van der Waals surface area (Å²) in [5.41, 5.74) is 2.98. The number of aromatic nitrogens is 2. The number of aryl methyl sites for hydroxylation is 1. The van der Waals surface area contributed by atoms with E-state index in [4.69, 9.17) is 4.42 Å². The second-order valence-corrected chi connectivity index (χ2v) is 8.37. The molecular formula is C23H25N5O4S. The summed E-state index contributed by atoms with van der Waals surface area (Å²) in [6.07, 6.45) is 2.94. The third kappa shape index (κ3) is 6.36. The minimum atomic E-state index is -0.376. The molecule has 0 saturated carbocycles. The molecule has 9 nitrogen and oxygen atoms in total. The Morgan fingerprint density at radius 3 is 2.58 bits per heavy atom. The molecule has 0 radical (unpaired) electrons. The van der Waals surface area contributed by atoms with Crippen molar-refractivity contribution >= 4 is 51.1 Å². The molecule has 1 aromatic carbocycles. The van der Waals surface area contributed by atoms with Gasteiger partial charge in [0, 0.05) is 24.3 Å². The lowest BCUT2D eigenvalue weighted by molar-refractivity contribution is -0.117. The van der Waals surface area contributed by atoms with Crippen molar-refractivity contribution < 1.29 is 18.8 Å². The molecule has 3 rings (SSSR count). The van der Waals surface area contributed by atoms with E-state index in [2.05, 4.69) is 39.1 Å². The highest BCUT2D eigenvalue weighted by atomic mass is 32.1. The van der Waals surface area contributed by atoms with Gasteiger partial charge >= 0.3 is 0 Å². The standard InChI is InChI=1S/C23H25N5O4S/c1-5-18(29)24-11-14-9-15(21-16(10-14)25-22(32-21)13(3)4)7-8-20(31)28-23-27-17(12-33-23)26-19(30)6-2/h5-6,9-10,12-13H,1-2,7-8,11H2,3-4H3,(H,24,29)(H,26,30)(H,27,28,31). The van der Waals surface area contributed by atoms with Gasteiger partial charge in [0.05, 0.1) is 0 Å². The van der Waals surface area contributed by atoms with Crippen LogP contribution in [0.2, 0.25) is 0 Å². The van der Waals surface area contributed by atoms with Crippen LogP contribution in [0.25, 0.3) is 11.1 Å². The van der Waals surface area contributed by atoms with Gasteiger partial charge in [-0.1, -0.05) is 33.1 Å². The second-order valence-electron chi connectivity index (χ2n) is 7.51. The number of anilines is 2. The summed E-state index contributed by atoms with van der Waals surface area (Å²) in [6.45, 7) is 11.1. The lowest BCUT2D eigenvalue weighted by Gasteiger charge is -2.07. The molecule has 0 aliphatic rings. The first-order valence-electron chi connectivity index (χ1n) is 10.3. The van der Waals surface area contributed by atoms with Crippen molar-refractivity contribution in [2.45, 2.75) is 39.2 Å². The van der Waals surface area contributed by atoms with Crippen molar-refractivity contribution in [3.8, 4) is 0 Å². The van der Waals surface area contributed by atoms with Crippen molar-refractivity contribution in [3.05, 3.63) is 59.8 Å². The van der Waals surface area contributed by atoms with Crippen molar-refractivity contribution in [1.29, 1.82) is 0 Å². The predicted molar refractivity (Wildman–Crippen MR) is 128 cm³/mol. The van der Waals surface area contributed by atoms with Crippen LogP contribution in [0.4, 0.5) is 10.9 Å². The lowest BCUT2D eigenvalue weighted by Crippen LogP contribution is -2.20. The van der Waals surface area contributed by atoms with Crippen LogP contribution < -0.4 is 16.0 Å². The molecule has 0 bridgehead atoms. The molecule has 2 aromatic heterocycles. The summed E-state index contributed by atoms with van der Waals surface area (Å²) in [4.78, 5) is 44.1. The Hall–Kier alpha value is -3.79. The molecule has 3 aromatic rings. The number of hydrogen-bond donors (Lipinski definition) is 3. The molecule has 3 amide bonds. The molecule has 3 N–H and O–H groups in total. The minimum absolute atomic E-state index is 0.109. The number of fused-ring (bicyclic) bond motifs is 1. The van der Waals surface area contributed by atoms with Crippen LogP contribution >= 0.6 is 11.3 Å². The summed E-state index contributed by atoms with van der Waals surface area (Å²) in [6, 6.07) is 3.77. The van der Waals surface area contributed by atoms with Gasteiger partial charge < -0.3 is 20.4 Å². The van der Waals surface area contributed by atoms with E-state index in [-0.39, 0.29) is 30.1 Å². The fourth-order valence-corrected chi connectivity index (χ4v) is 3.63. The molecule has 0 aliphatic heterocycles. The Balaban J connectivity index is 1.72. The van der Waals surface area contributed by atoms with E-state index in [0.717, 1.165) is 17.2 Å². The van der Waals surface area contributed by atoms with Gasteiger partial charge in [-0.15, -0.1) is 11.3 Å². The fraction of sp³-hybridized carbons (Fsp3) is 0.261. The Kier molecular flexibility index (Phi) is 7.73. The topological polar surface area (TPSA) is 126 Å². The number of nitrogens with one attached hydrogen (secondary N) is 3. The molecule has 0 fully saturated rings. The Morgan fingerprint density at radius 2 is 1.88 bits per heavy atom. The van der Waals surface area contributed by atoms with Gasteiger partial charge in [0.25, 0.3) is 0 Å². The zero-order valence-corrected chi connectivity index (χ0v) is 19.3. The van der Waals surface area contributed by atoms with E-state index < -0.39 is 0 Å². The zero-order valence-electron chi connectivity index (χ0n) is 18.4. The van der Waals surface area contributed by atoms with Crippen LogP contribution in [-0.2, 0) is 27.3 Å². The van der Waals surface area contributed by atoms with E-state index in [9.17, 15) is 14.4 Å². The molecule has 0 atom stereocenters. The monoisotopic (exact) mass is 467 g/mol. The van der Waals surface area contributed by atoms with Crippen LogP contribution in [0.1, 0.15) is 43.2 Å². The maximum absolute atomic E-state index is 12.5. The van der Waals surface area contributed by atoms with Gasteiger partial charge in [0.15, 0.2) is 16.6 Å². The quantitative estimate of drug-likeness (QED) is 0.388. The molecule has 0 aliphatic carbocycles. The maximum Gasteiger partial charge on any atom is 0.248 e. The van der Waals surface area contributed by atoms with Gasteiger partial charge in [-0.25, -0.2) is 9.97 Å². The van der Waals surface area contributed by atoms with Crippen LogP contribution in [0.15, 0.2) is 47.2 Å². The predicted octanol–water partition coefficient (Wildman–Crippen LogP) is 3.91. The third-order valence-electron chi connectivity index (χ3n) is 4.60. The van der Waals surface area contributed by atoms with Gasteiger partial charge in [-0.2, -0.15) is 0 Å². The normalized spacial score (nSPS) is 10.8. The Bertz CT molecular complexity index is 1210. The highest BCUT2D eigenvalue weighted by molar-refractivity contribution is 7.14. The van der Waals surface area contributed by atoms with Crippen LogP contribution in [0.3, 0.4) is 0 Å². The number of rotatable bonds is 10. The number of carbonyl (C=O) groups is 3. The molecular weight excluding hydrogens is 442 g/mol. The van der Waals surface area contributed by atoms with Crippen molar-refractivity contribution in [3.63, 3.8) is 0 Å². The van der Waals surface area contributed by atoms with Crippen LogP contribution in [0, 0.1) is 0 Å². The average Bonchev–Trinajstić information content (AvgIpc) is 3.42. The number of oxazole rings is 1. The van der Waals surface area contributed by atoms with E-state index in [1.807, 2.05) is 26.0 Å². The number of hydrogen-bond acceptors (Lipinski definition) is 7. The van der Waals surface area contributed by atoms with E-state index >= 15 is 0 Å². The van der Waals surface area contributed by atoms with Crippen LogP contribution in [0.5, 0.6) is 0 Å². The molecule has 0 unspecified atom stereocenters. The van der Waals surface area contributed by atoms with Gasteiger partial charge in [0.2, 0.25) is 17.7 Å². The summed E-state index contributed by atoms with van der Waals surface area (Å²) in [5, 5.41) is 10.0. The average molecular weight is 468 g/mol. The highest BCUT2D eigenvalue weighted by Crippen LogP contribution is 2.27. The molecule has 2 heterocycles. The highest BCUT2D eigenvalue weighted by Gasteiger charge is 2.16. The zero-order chi connectivity index (χ0) is 24.0. The van der Waals surface area contributed by atoms with E-state index in [1.54, 1.807) is 5.38 Å². The van der Waals surface area contributed by atoms with Crippen LogP contribution in [-0.4, -0.2) is 27.7 Å². The first-order valence-corrected chi connectivity index (χ1v) is 11.2. The largest absolute Gasteiger partial charge is 0.440 e. The Morgan fingerprint density at radius 1 is 1.12 bits per heavy atom. The fourth-order valence-electron chi connectivity index (χ4n) is 2.98. The lowest BCUT2D eigenvalue weighted by atomic mass is 10.0. The molecule has 0 saturated heterocycles. The number of thiazole rings is 1. The minimum Gasteiger partial charge on any atom is -0.440 e.